The lowest BCUT2D eigenvalue weighted by Crippen LogP contribution is -2.66. The Morgan fingerprint density at radius 3 is 2.44 bits per heavy atom. The molecule has 5 heterocycles. The van der Waals surface area contributed by atoms with Crippen molar-refractivity contribution in [2.75, 3.05) is 20.0 Å². The predicted octanol–water partition coefficient (Wildman–Crippen LogP) is 0.247. The Hall–Kier alpha value is -5.94. The fourth-order valence-electron chi connectivity index (χ4n) is 8.62. The minimum atomic E-state index is -1.94. The number of nitrogens with two attached hydrogens (primary N) is 2. The number of carbonyl (C=O) groups is 2. The number of aliphatic carboxylic acids is 1. The number of carboxylic acids is 1. The number of ether oxygens (including phenoxy) is 7. The van der Waals surface area contributed by atoms with Crippen molar-refractivity contribution in [2.24, 2.45) is 11.5 Å². The highest BCUT2D eigenvalue weighted by atomic mass is 16.7. The van der Waals surface area contributed by atoms with E-state index in [1.54, 1.807) is 24.4 Å². The Morgan fingerprint density at radius 1 is 0.937 bits per heavy atom. The average Bonchev–Trinajstić information content (AvgIpc) is 3.96. The summed E-state index contributed by atoms with van der Waals surface area (Å²) < 4.78 is 44.5. The topological polar surface area (TPSA) is 313 Å². The molecule has 0 aliphatic carbocycles. The number of carbonyl (C=O) groups excluding carboxylic acids is 1. The van der Waals surface area contributed by atoms with Gasteiger partial charge in [-0.15, -0.1) is 0 Å². The van der Waals surface area contributed by atoms with Gasteiger partial charge in [-0.2, -0.15) is 0 Å². The number of aromatic nitrogens is 2. The molecule has 0 unspecified atom stereocenters. The van der Waals surface area contributed by atoms with Crippen LogP contribution in [0, 0.1) is 0 Å². The summed E-state index contributed by atoms with van der Waals surface area (Å²) in [7, 11) is 0. The van der Waals surface area contributed by atoms with Gasteiger partial charge in [0.25, 0.3) is 0 Å². The van der Waals surface area contributed by atoms with Crippen LogP contribution >= 0.6 is 0 Å². The Bertz CT molecular complexity index is 2420. The number of nitrogens with zero attached hydrogens (tertiary/aromatic N) is 1. The first-order valence-corrected chi connectivity index (χ1v) is 20.1. The number of aliphatic hydroxyl groups is 6. The summed E-state index contributed by atoms with van der Waals surface area (Å²) in [5.74, 6) is -2.16. The summed E-state index contributed by atoms with van der Waals surface area (Å²) in [5.41, 5.74) is 15.9. The zero-order valence-electron chi connectivity index (χ0n) is 33.6. The Morgan fingerprint density at radius 2 is 1.73 bits per heavy atom. The van der Waals surface area contributed by atoms with Gasteiger partial charge in [-0.3, -0.25) is 9.59 Å². The third kappa shape index (κ3) is 8.60. The highest BCUT2D eigenvalue weighted by molar-refractivity contribution is 5.90. The Balaban J connectivity index is 1.23. The fourth-order valence-corrected chi connectivity index (χ4v) is 8.62. The van der Waals surface area contributed by atoms with Crippen molar-refractivity contribution in [3.8, 4) is 28.7 Å². The molecule has 0 spiro atoms. The normalized spacial score (nSPS) is 24.1. The van der Waals surface area contributed by atoms with E-state index in [1.807, 2.05) is 53.2 Å². The number of aromatic amines is 1. The first-order valence-electron chi connectivity index (χ1n) is 20.1. The monoisotopic (exact) mass is 876 g/mol. The lowest BCUT2D eigenvalue weighted by molar-refractivity contribution is -0.291. The number of esters is 1. The number of carboxylic acid groups (broad SMARTS) is 1. The van der Waals surface area contributed by atoms with Crippen LogP contribution in [0.5, 0.6) is 28.7 Å². The smallest absolute Gasteiger partial charge is 0.317 e. The predicted molar refractivity (Wildman–Crippen MR) is 217 cm³/mol. The molecule has 2 aromatic heterocycles. The van der Waals surface area contributed by atoms with E-state index in [1.165, 1.54) is 0 Å². The van der Waals surface area contributed by atoms with Crippen LogP contribution in [-0.2, 0) is 38.6 Å². The minimum absolute atomic E-state index is 0.0490. The minimum Gasteiger partial charge on any atom is -0.489 e. The lowest BCUT2D eigenvalue weighted by Gasteiger charge is -2.43. The van der Waals surface area contributed by atoms with Crippen LogP contribution in [0.3, 0.4) is 0 Å². The highest BCUT2D eigenvalue weighted by Crippen LogP contribution is 2.59. The summed E-state index contributed by atoms with van der Waals surface area (Å²) in [6, 6.07) is 18.2. The third-order valence-corrected chi connectivity index (χ3v) is 11.4. The molecule has 63 heavy (non-hydrogen) atoms. The van der Waals surface area contributed by atoms with Gasteiger partial charge in [-0.1, -0.05) is 36.4 Å². The molecule has 1 fully saturated rings. The van der Waals surface area contributed by atoms with Crippen molar-refractivity contribution in [1.29, 1.82) is 0 Å². The van der Waals surface area contributed by atoms with Crippen molar-refractivity contribution in [2.45, 2.75) is 87.1 Å². The van der Waals surface area contributed by atoms with Crippen LogP contribution in [-0.4, -0.2) is 126 Å². The number of hydrogen-bond donors (Lipinski definition) is 10. The largest absolute Gasteiger partial charge is 0.489 e. The number of aliphatic hydroxyl groups excluding tert-OH is 6. The van der Waals surface area contributed by atoms with E-state index < -0.39 is 86.3 Å². The SMILES string of the molecule is NC(N)[C@H](OC(=O)CC(=O)O)[C@H]1O[C@@H](Oc2cc(Cn3cc4cc[nH]c4c3CO)c3c(c2)O[C@H](Cc2ccccc2)[C@H]2c4ccc(OCO)c(OCCO)c4O[C@@H]32)[C@H](O)[C@@H](O)[C@@H]1O. The molecule has 0 saturated carbocycles. The third-order valence-electron chi connectivity index (χ3n) is 11.4. The number of nitrogens with one attached hydrogen (secondary N) is 1. The molecule has 3 aromatic carbocycles. The van der Waals surface area contributed by atoms with E-state index in [0.717, 1.165) is 22.0 Å². The van der Waals surface area contributed by atoms with E-state index in [-0.39, 0.29) is 43.6 Å². The van der Waals surface area contributed by atoms with E-state index in [2.05, 4.69) is 4.98 Å². The number of benzene rings is 3. The molecule has 1 saturated heterocycles. The van der Waals surface area contributed by atoms with Crippen LogP contribution in [0.4, 0.5) is 0 Å². The van der Waals surface area contributed by atoms with Crippen molar-refractivity contribution < 1.29 is 78.5 Å². The second kappa shape index (κ2) is 18.4. The quantitative estimate of drug-likeness (QED) is 0.0340. The van der Waals surface area contributed by atoms with Crippen LogP contribution in [0.2, 0.25) is 0 Å². The molecule has 0 bridgehead atoms. The van der Waals surface area contributed by atoms with E-state index in [9.17, 15) is 40.2 Å². The summed E-state index contributed by atoms with van der Waals surface area (Å²) in [6.45, 7) is -1.27. The van der Waals surface area contributed by atoms with Crippen LogP contribution in [0.1, 0.15) is 46.4 Å². The van der Waals surface area contributed by atoms with Gasteiger partial charge in [0.2, 0.25) is 12.0 Å². The van der Waals surface area contributed by atoms with E-state index >= 15 is 0 Å². The van der Waals surface area contributed by atoms with E-state index in [0.29, 0.717) is 34.7 Å². The first kappa shape index (κ1) is 43.7. The van der Waals surface area contributed by atoms with Gasteiger partial charge >= 0.3 is 11.9 Å². The molecular formula is C43H48N4O16. The fraction of sp³-hybridized carbons (Fsp3) is 0.395. The first-order chi connectivity index (χ1) is 30.4. The van der Waals surface area contributed by atoms with Gasteiger partial charge in [0.1, 0.15) is 61.2 Å². The summed E-state index contributed by atoms with van der Waals surface area (Å²) >= 11 is 0. The van der Waals surface area contributed by atoms with Gasteiger partial charge in [0.15, 0.2) is 24.4 Å². The molecule has 12 N–H and O–H groups in total. The van der Waals surface area contributed by atoms with Crippen LogP contribution in [0.15, 0.2) is 73.1 Å². The number of H-pyrrole nitrogens is 1. The molecule has 9 atom stereocenters. The Kier molecular flexibility index (Phi) is 12.8. The highest BCUT2D eigenvalue weighted by Gasteiger charge is 2.52. The molecule has 8 rings (SSSR count). The van der Waals surface area contributed by atoms with Gasteiger partial charge in [-0.05, 0) is 29.3 Å². The molecule has 0 amide bonds. The summed E-state index contributed by atoms with van der Waals surface area (Å²) in [5, 5.41) is 73.1. The van der Waals surface area contributed by atoms with Crippen molar-refractivity contribution >= 4 is 22.8 Å². The maximum atomic E-state index is 12.4. The van der Waals surface area contributed by atoms with E-state index in [4.69, 9.17) is 49.7 Å². The Labute approximate surface area is 358 Å². The molecule has 336 valence electrons. The second-order valence-corrected chi connectivity index (χ2v) is 15.4. The molecule has 20 nitrogen and oxygen atoms in total. The number of hydrogen-bond acceptors (Lipinski definition) is 17. The van der Waals surface area contributed by atoms with Crippen molar-refractivity contribution in [3.63, 3.8) is 0 Å². The second-order valence-electron chi connectivity index (χ2n) is 15.4. The van der Waals surface area contributed by atoms with Crippen molar-refractivity contribution in [1.82, 2.24) is 9.55 Å². The summed E-state index contributed by atoms with van der Waals surface area (Å²) in [6.07, 6.45) is -10.8. The molecule has 0 radical (unpaired) electrons. The number of rotatable bonds is 17. The van der Waals surface area contributed by atoms with Gasteiger partial charge in [0.05, 0.1) is 36.5 Å². The maximum Gasteiger partial charge on any atom is 0.317 e. The molecule has 3 aliphatic rings. The summed E-state index contributed by atoms with van der Waals surface area (Å²) in [4.78, 5) is 26.7. The standard InChI is InChI=1S/C43H48N4O16/c44-42(45)41(61-30(53)15-29(51)52)40-35(55)34(54)36(56)43(63-40)59-23-13-22(17-47-16-21-8-9-46-33(21)25(47)18-49)31-28(14-23)60-27(12-20-4-2-1-3-5-20)32-24-6-7-26(58-19-50)38(57-11-10-48)37(24)62-39(31)32/h1-9,13-14,16,27,32,34-36,39-43,46,48-50,54-56H,10-12,15,17-19,44-45H2,(H,51,52)/t27-,32-,34+,35+,36-,39+,40+,41-,43-/m1/s1. The maximum absolute atomic E-state index is 12.4. The van der Waals surface area contributed by atoms with Gasteiger partial charge in [0, 0.05) is 47.9 Å². The molecule has 20 heteroatoms. The number of fused-ring (bicyclic) bond motifs is 6. The van der Waals surface area contributed by atoms with Gasteiger partial charge in [-0.25, -0.2) is 0 Å². The molecular weight excluding hydrogens is 828 g/mol. The van der Waals surface area contributed by atoms with Crippen LogP contribution in [0.25, 0.3) is 10.9 Å². The van der Waals surface area contributed by atoms with Gasteiger partial charge < -0.3 is 89.9 Å². The zero-order chi connectivity index (χ0) is 44.5. The van der Waals surface area contributed by atoms with Crippen molar-refractivity contribution in [3.05, 3.63) is 101 Å². The van der Waals surface area contributed by atoms with Crippen LogP contribution < -0.4 is 35.2 Å². The molecule has 3 aliphatic heterocycles. The zero-order valence-corrected chi connectivity index (χ0v) is 33.6. The average molecular weight is 877 g/mol. The molecule has 5 aromatic rings. The lowest BCUT2D eigenvalue weighted by atomic mass is 9.80.